The summed E-state index contributed by atoms with van der Waals surface area (Å²) in [5.41, 5.74) is 2.72. The lowest BCUT2D eigenvalue weighted by Gasteiger charge is -2.14. The second-order valence-electron chi connectivity index (χ2n) is 7.14. The number of aryl methyl sites for hydroxylation is 1. The summed E-state index contributed by atoms with van der Waals surface area (Å²) in [4.78, 5) is 13.2. The molecule has 4 aromatic rings. The number of ether oxygens (including phenoxy) is 2. The van der Waals surface area contributed by atoms with Gasteiger partial charge in [-0.05, 0) is 49.2 Å². The third-order valence-corrected chi connectivity index (χ3v) is 5.14. The van der Waals surface area contributed by atoms with Gasteiger partial charge in [0.2, 0.25) is 15.9 Å². The van der Waals surface area contributed by atoms with Gasteiger partial charge in [0, 0.05) is 17.6 Å². The van der Waals surface area contributed by atoms with Crippen molar-refractivity contribution < 1.29 is 17.9 Å². The zero-order valence-corrected chi connectivity index (χ0v) is 18.2. The van der Waals surface area contributed by atoms with E-state index in [1.54, 1.807) is 24.4 Å². The smallest absolute Gasteiger partial charge is 0.320 e. The molecule has 2 aromatic heterocycles. The summed E-state index contributed by atoms with van der Waals surface area (Å²) in [5.74, 6) is 0.705. The minimum atomic E-state index is -3.52. The van der Waals surface area contributed by atoms with E-state index < -0.39 is 10.0 Å². The molecule has 0 amide bonds. The van der Waals surface area contributed by atoms with Gasteiger partial charge in [0.05, 0.1) is 35.0 Å². The molecule has 0 atom stereocenters. The largest absolute Gasteiger partial charge is 0.463 e. The van der Waals surface area contributed by atoms with Crippen LogP contribution in [-0.2, 0) is 10.0 Å². The molecule has 1 N–H and O–H groups in total. The van der Waals surface area contributed by atoms with E-state index in [1.165, 1.54) is 0 Å². The standard InChI is InChI=1S/C22H22N4O4S/c1-4-12-29-22-24-17-6-5-7-18(26-31(3,27)28)20(17)21(25-22)30-15-8-9-16-14(2)10-11-23-19(16)13-15/h5-11,13,26H,4,12H2,1-3H3. The van der Waals surface area contributed by atoms with Gasteiger partial charge in [-0.25, -0.2) is 8.42 Å². The van der Waals surface area contributed by atoms with Crippen LogP contribution in [0.5, 0.6) is 17.6 Å². The number of anilines is 1. The average Bonchev–Trinajstić information content (AvgIpc) is 2.71. The zero-order valence-electron chi connectivity index (χ0n) is 17.4. The summed E-state index contributed by atoms with van der Waals surface area (Å²) >= 11 is 0. The highest BCUT2D eigenvalue weighted by atomic mass is 32.2. The number of nitrogens with one attached hydrogen (secondary N) is 1. The highest BCUT2D eigenvalue weighted by Gasteiger charge is 2.17. The summed E-state index contributed by atoms with van der Waals surface area (Å²) in [5, 5.41) is 1.46. The van der Waals surface area contributed by atoms with Crippen LogP contribution in [-0.4, -0.2) is 36.2 Å². The molecule has 0 fully saturated rings. The van der Waals surface area contributed by atoms with Crippen LogP contribution in [0.1, 0.15) is 18.9 Å². The third-order valence-electron chi connectivity index (χ3n) is 4.55. The van der Waals surface area contributed by atoms with Gasteiger partial charge in [0.1, 0.15) is 5.75 Å². The molecular formula is C22H22N4O4S. The van der Waals surface area contributed by atoms with Gasteiger partial charge in [0.25, 0.3) is 0 Å². The van der Waals surface area contributed by atoms with Crippen molar-refractivity contribution in [2.24, 2.45) is 0 Å². The maximum absolute atomic E-state index is 11.9. The zero-order chi connectivity index (χ0) is 22.0. The molecule has 0 radical (unpaired) electrons. The molecule has 0 aliphatic carbocycles. The molecule has 8 nitrogen and oxygen atoms in total. The normalized spacial score (nSPS) is 11.6. The Balaban J connectivity index is 1.85. The Morgan fingerprint density at radius 3 is 2.68 bits per heavy atom. The third kappa shape index (κ3) is 4.66. The maximum atomic E-state index is 11.9. The van der Waals surface area contributed by atoms with Crippen LogP contribution in [0.2, 0.25) is 0 Å². The minimum Gasteiger partial charge on any atom is -0.463 e. The summed E-state index contributed by atoms with van der Waals surface area (Å²) in [7, 11) is -3.52. The molecule has 9 heteroatoms. The van der Waals surface area contributed by atoms with Gasteiger partial charge < -0.3 is 9.47 Å². The fourth-order valence-corrected chi connectivity index (χ4v) is 3.76. The molecule has 0 bridgehead atoms. The molecule has 2 heterocycles. The number of benzene rings is 2. The molecule has 160 valence electrons. The SMILES string of the molecule is CCCOc1nc(Oc2ccc3c(C)ccnc3c2)c2c(NS(C)(=O)=O)cccc2n1. The minimum absolute atomic E-state index is 0.163. The number of hydrogen-bond donors (Lipinski definition) is 1. The Morgan fingerprint density at radius 2 is 1.90 bits per heavy atom. The first-order valence-electron chi connectivity index (χ1n) is 9.78. The van der Waals surface area contributed by atoms with Crippen molar-refractivity contribution in [2.75, 3.05) is 17.6 Å². The van der Waals surface area contributed by atoms with Crippen LogP contribution in [0.15, 0.2) is 48.7 Å². The van der Waals surface area contributed by atoms with E-state index in [2.05, 4.69) is 19.7 Å². The predicted molar refractivity (Wildman–Crippen MR) is 120 cm³/mol. The Hall–Kier alpha value is -3.46. The molecular weight excluding hydrogens is 416 g/mol. The van der Waals surface area contributed by atoms with Gasteiger partial charge in [-0.1, -0.05) is 13.0 Å². The first-order chi connectivity index (χ1) is 14.8. The first-order valence-corrected chi connectivity index (χ1v) is 11.7. The molecule has 2 aromatic carbocycles. The summed E-state index contributed by atoms with van der Waals surface area (Å²) in [6, 6.07) is 12.8. The van der Waals surface area contributed by atoms with Crippen molar-refractivity contribution in [3.63, 3.8) is 0 Å². The van der Waals surface area contributed by atoms with E-state index in [0.29, 0.717) is 28.9 Å². The second kappa shape index (κ2) is 8.35. The number of rotatable bonds is 7. The van der Waals surface area contributed by atoms with Gasteiger partial charge >= 0.3 is 6.01 Å². The van der Waals surface area contributed by atoms with Gasteiger partial charge in [-0.15, -0.1) is 0 Å². The van der Waals surface area contributed by atoms with Gasteiger partial charge in [0.15, 0.2) is 0 Å². The fourth-order valence-electron chi connectivity index (χ4n) is 3.19. The lowest BCUT2D eigenvalue weighted by molar-refractivity contribution is 0.289. The van der Waals surface area contributed by atoms with E-state index in [0.717, 1.165) is 29.1 Å². The summed E-state index contributed by atoms with van der Waals surface area (Å²) in [6.45, 7) is 4.45. The Morgan fingerprint density at radius 1 is 1.06 bits per heavy atom. The fraction of sp³-hybridized carbons (Fsp3) is 0.227. The number of sulfonamides is 1. The molecule has 0 aliphatic rings. The van der Waals surface area contributed by atoms with Crippen LogP contribution in [0, 0.1) is 6.92 Å². The summed E-state index contributed by atoms with van der Waals surface area (Å²) < 4.78 is 38.0. The highest BCUT2D eigenvalue weighted by Crippen LogP contribution is 2.35. The maximum Gasteiger partial charge on any atom is 0.320 e. The second-order valence-corrected chi connectivity index (χ2v) is 8.89. The molecule has 0 spiro atoms. The van der Waals surface area contributed by atoms with E-state index >= 15 is 0 Å². The quantitative estimate of drug-likeness (QED) is 0.455. The monoisotopic (exact) mass is 438 g/mol. The van der Waals surface area contributed by atoms with Crippen molar-refractivity contribution in [3.8, 4) is 17.6 Å². The molecule has 0 saturated heterocycles. The van der Waals surface area contributed by atoms with E-state index in [1.807, 2.05) is 38.1 Å². The average molecular weight is 439 g/mol. The van der Waals surface area contributed by atoms with E-state index in [9.17, 15) is 8.42 Å². The number of nitrogens with zero attached hydrogens (tertiary/aromatic N) is 3. The first kappa shape index (κ1) is 20.8. The Labute approximate surface area is 180 Å². The lowest BCUT2D eigenvalue weighted by Crippen LogP contribution is -2.10. The molecule has 0 saturated carbocycles. The van der Waals surface area contributed by atoms with Crippen LogP contribution in [0.4, 0.5) is 5.69 Å². The van der Waals surface area contributed by atoms with E-state index in [4.69, 9.17) is 9.47 Å². The number of hydrogen-bond acceptors (Lipinski definition) is 7. The molecule has 0 aliphatic heterocycles. The van der Waals surface area contributed by atoms with Crippen molar-refractivity contribution in [1.29, 1.82) is 0 Å². The van der Waals surface area contributed by atoms with Crippen LogP contribution < -0.4 is 14.2 Å². The Bertz CT molecular complexity index is 1370. The number of aromatic nitrogens is 3. The van der Waals surface area contributed by atoms with Crippen molar-refractivity contribution >= 4 is 37.5 Å². The van der Waals surface area contributed by atoms with Crippen LogP contribution >= 0.6 is 0 Å². The van der Waals surface area contributed by atoms with E-state index in [-0.39, 0.29) is 11.9 Å². The van der Waals surface area contributed by atoms with Crippen LogP contribution in [0.3, 0.4) is 0 Å². The summed E-state index contributed by atoms with van der Waals surface area (Å²) in [6.07, 6.45) is 3.62. The predicted octanol–water partition coefficient (Wildman–Crippen LogP) is 4.44. The molecule has 0 unspecified atom stereocenters. The van der Waals surface area contributed by atoms with Crippen LogP contribution in [0.25, 0.3) is 21.8 Å². The Kier molecular flexibility index (Phi) is 5.60. The molecule has 31 heavy (non-hydrogen) atoms. The lowest BCUT2D eigenvalue weighted by atomic mass is 10.1. The van der Waals surface area contributed by atoms with Gasteiger partial charge in [-0.3, -0.25) is 9.71 Å². The van der Waals surface area contributed by atoms with Crippen molar-refractivity contribution in [3.05, 3.63) is 54.2 Å². The highest BCUT2D eigenvalue weighted by molar-refractivity contribution is 7.92. The van der Waals surface area contributed by atoms with Gasteiger partial charge in [-0.2, -0.15) is 9.97 Å². The number of pyridine rings is 1. The molecule has 4 rings (SSSR count). The van der Waals surface area contributed by atoms with Crippen molar-refractivity contribution in [1.82, 2.24) is 15.0 Å². The number of fused-ring (bicyclic) bond motifs is 2. The topological polar surface area (TPSA) is 103 Å². The van der Waals surface area contributed by atoms with Crippen molar-refractivity contribution in [2.45, 2.75) is 20.3 Å².